The SMILES string of the molecule is COCC[C@H]1CNC(=O)c2sc(-c3cn[nH]c3)c3c2N1CC(F)(F)C3. The van der Waals surface area contributed by atoms with E-state index < -0.39 is 5.92 Å². The van der Waals surface area contributed by atoms with Crippen LogP contribution in [-0.4, -0.2) is 54.9 Å². The highest BCUT2D eigenvalue weighted by Crippen LogP contribution is 2.49. The number of carbonyl (C=O) groups is 1. The fourth-order valence-corrected chi connectivity index (χ4v) is 4.78. The van der Waals surface area contributed by atoms with Gasteiger partial charge in [-0.1, -0.05) is 0 Å². The third-order valence-corrected chi connectivity index (χ3v) is 5.93. The molecule has 2 aromatic rings. The van der Waals surface area contributed by atoms with E-state index in [2.05, 4.69) is 15.5 Å². The van der Waals surface area contributed by atoms with Gasteiger partial charge in [-0.3, -0.25) is 9.89 Å². The van der Waals surface area contributed by atoms with Gasteiger partial charge in [0, 0.05) is 54.9 Å². The summed E-state index contributed by atoms with van der Waals surface area (Å²) in [6.07, 6.45) is 3.47. The Morgan fingerprint density at radius 1 is 1.48 bits per heavy atom. The van der Waals surface area contributed by atoms with Crippen molar-refractivity contribution < 1.29 is 18.3 Å². The van der Waals surface area contributed by atoms with Crippen LogP contribution in [0, 0.1) is 0 Å². The van der Waals surface area contributed by atoms with Crippen molar-refractivity contribution >= 4 is 22.9 Å². The summed E-state index contributed by atoms with van der Waals surface area (Å²) in [5.74, 6) is -3.05. The molecular formula is C16H18F2N4O2S. The Labute approximate surface area is 147 Å². The van der Waals surface area contributed by atoms with Crippen LogP contribution in [-0.2, 0) is 11.2 Å². The van der Waals surface area contributed by atoms with Gasteiger partial charge in [-0.15, -0.1) is 11.3 Å². The highest BCUT2D eigenvalue weighted by molar-refractivity contribution is 7.18. The molecule has 9 heteroatoms. The average Bonchev–Trinajstić information content (AvgIpc) is 3.17. The maximum Gasteiger partial charge on any atom is 0.269 e. The molecule has 0 spiro atoms. The zero-order chi connectivity index (χ0) is 17.6. The van der Waals surface area contributed by atoms with Gasteiger partial charge in [0.1, 0.15) is 4.88 Å². The number of anilines is 1. The number of nitrogens with zero attached hydrogens (tertiary/aromatic N) is 2. The fraction of sp³-hybridized carbons (Fsp3) is 0.500. The summed E-state index contributed by atoms with van der Waals surface area (Å²) in [6.45, 7) is 0.407. The Morgan fingerprint density at radius 2 is 2.32 bits per heavy atom. The lowest BCUT2D eigenvalue weighted by atomic mass is 9.96. The number of amides is 1. The second-order valence-electron chi connectivity index (χ2n) is 6.38. The van der Waals surface area contributed by atoms with Gasteiger partial charge in [-0.25, -0.2) is 8.78 Å². The van der Waals surface area contributed by atoms with E-state index in [4.69, 9.17) is 4.74 Å². The Kier molecular flexibility index (Phi) is 3.99. The number of hydrogen-bond donors (Lipinski definition) is 2. The van der Waals surface area contributed by atoms with E-state index in [1.165, 1.54) is 11.3 Å². The van der Waals surface area contributed by atoms with Crippen LogP contribution >= 0.6 is 11.3 Å². The molecule has 0 radical (unpaired) electrons. The van der Waals surface area contributed by atoms with Gasteiger partial charge in [0.05, 0.1) is 18.4 Å². The molecule has 25 heavy (non-hydrogen) atoms. The number of aromatic amines is 1. The van der Waals surface area contributed by atoms with Crippen LogP contribution in [0.1, 0.15) is 21.7 Å². The third-order valence-electron chi connectivity index (χ3n) is 4.66. The minimum absolute atomic E-state index is 0.203. The normalized spacial score (nSPS) is 21.6. The predicted octanol–water partition coefficient (Wildman–Crippen LogP) is 2.28. The number of nitrogens with one attached hydrogen (secondary N) is 2. The first-order valence-electron chi connectivity index (χ1n) is 8.06. The number of alkyl halides is 2. The number of carbonyl (C=O) groups excluding carboxylic acids is 1. The smallest absolute Gasteiger partial charge is 0.269 e. The van der Waals surface area contributed by atoms with Gasteiger partial charge < -0.3 is 15.0 Å². The molecule has 2 aromatic heterocycles. The molecule has 1 amide bonds. The van der Waals surface area contributed by atoms with E-state index in [0.717, 1.165) is 5.56 Å². The predicted molar refractivity (Wildman–Crippen MR) is 90.5 cm³/mol. The zero-order valence-electron chi connectivity index (χ0n) is 13.6. The Bertz CT molecular complexity index is 790. The van der Waals surface area contributed by atoms with Gasteiger partial charge in [0.25, 0.3) is 11.8 Å². The van der Waals surface area contributed by atoms with Crippen molar-refractivity contribution in [2.45, 2.75) is 24.8 Å². The molecule has 1 atom stereocenters. The van der Waals surface area contributed by atoms with Crippen molar-refractivity contribution in [1.29, 1.82) is 0 Å². The van der Waals surface area contributed by atoms with Crippen molar-refractivity contribution in [2.24, 2.45) is 0 Å². The molecule has 6 nitrogen and oxygen atoms in total. The van der Waals surface area contributed by atoms with E-state index >= 15 is 0 Å². The summed E-state index contributed by atoms with van der Waals surface area (Å²) in [6, 6.07) is -0.220. The standard InChI is InChI=1S/C16H18F2N4O2S/c1-24-3-2-10-7-19-15(23)14-12-11(4-16(17,18)8-22(10)12)13(25-14)9-5-20-21-6-9/h5-6,10H,2-4,7-8H2,1H3,(H,19,23)(H,20,21)/t10-/m0/s1. The molecule has 2 N–H and O–H groups in total. The van der Waals surface area contributed by atoms with E-state index in [1.807, 2.05) is 0 Å². The quantitative estimate of drug-likeness (QED) is 0.869. The maximum absolute atomic E-state index is 14.5. The van der Waals surface area contributed by atoms with Crippen molar-refractivity contribution in [3.05, 3.63) is 22.8 Å². The molecule has 4 rings (SSSR count). The zero-order valence-corrected chi connectivity index (χ0v) is 14.5. The van der Waals surface area contributed by atoms with Crippen LogP contribution in [0.2, 0.25) is 0 Å². The Balaban J connectivity index is 1.86. The Morgan fingerprint density at radius 3 is 3.04 bits per heavy atom. The molecule has 134 valence electrons. The first-order chi connectivity index (χ1) is 12.0. The molecule has 2 aliphatic rings. The third kappa shape index (κ3) is 2.81. The second kappa shape index (κ2) is 6.06. The lowest BCUT2D eigenvalue weighted by Gasteiger charge is -2.39. The van der Waals surface area contributed by atoms with Crippen molar-refractivity contribution in [1.82, 2.24) is 15.5 Å². The lowest BCUT2D eigenvalue weighted by molar-refractivity contribution is 0.00319. The number of H-pyrrole nitrogens is 1. The summed E-state index contributed by atoms with van der Waals surface area (Å²) in [7, 11) is 1.58. The summed E-state index contributed by atoms with van der Waals surface area (Å²) in [4.78, 5) is 15.4. The van der Waals surface area contributed by atoms with Crippen LogP contribution in [0.3, 0.4) is 0 Å². The van der Waals surface area contributed by atoms with Crippen LogP contribution < -0.4 is 10.2 Å². The monoisotopic (exact) mass is 368 g/mol. The fourth-order valence-electron chi connectivity index (χ4n) is 3.55. The first kappa shape index (κ1) is 16.5. The number of halogens is 2. The first-order valence-corrected chi connectivity index (χ1v) is 8.88. The largest absolute Gasteiger partial charge is 0.385 e. The average molecular weight is 368 g/mol. The molecule has 2 aliphatic heterocycles. The summed E-state index contributed by atoms with van der Waals surface area (Å²) >= 11 is 1.26. The molecule has 0 fully saturated rings. The molecule has 0 saturated carbocycles. The van der Waals surface area contributed by atoms with Gasteiger partial charge in [0.2, 0.25) is 0 Å². The minimum Gasteiger partial charge on any atom is -0.385 e. The minimum atomic E-state index is -2.84. The van der Waals surface area contributed by atoms with Crippen LogP contribution in [0.4, 0.5) is 14.5 Å². The van der Waals surface area contributed by atoms with E-state index in [0.29, 0.717) is 40.6 Å². The van der Waals surface area contributed by atoms with Crippen molar-refractivity contribution in [3.63, 3.8) is 0 Å². The molecular weight excluding hydrogens is 350 g/mol. The number of hydrogen-bond acceptors (Lipinski definition) is 5. The molecule has 0 aromatic carbocycles. The highest BCUT2D eigenvalue weighted by atomic mass is 32.1. The molecule has 0 saturated heterocycles. The van der Waals surface area contributed by atoms with Crippen LogP contribution in [0.15, 0.2) is 12.4 Å². The number of thiophene rings is 1. The van der Waals surface area contributed by atoms with Gasteiger partial charge >= 0.3 is 0 Å². The van der Waals surface area contributed by atoms with Gasteiger partial charge in [0.15, 0.2) is 0 Å². The van der Waals surface area contributed by atoms with Crippen molar-refractivity contribution in [3.8, 4) is 10.4 Å². The van der Waals surface area contributed by atoms with Crippen molar-refractivity contribution in [2.75, 3.05) is 31.7 Å². The molecule has 4 heterocycles. The van der Waals surface area contributed by atoms with Gasteiger partial charge in [-0.05, 0) is 6.42 Å². The second-order valence-corrected chi connectivity index (χ2v) is 7.40. The number of methoxy groups -OCH3 is 1. The van der Waals surface area contributed by atoms with Crippen LogP contribution in [0.5, 0.6) is 0 Å². The summed E-state index contributed by atoms with van der Waals surface area (Å²) in [5.41, 5.74) is 1.92. The lowest BCUT2D eigenvalue weighted by Crippen LogP contribution is -2.50. The molecule has 0 unspecified atom stereocenters. The number of ether oxygens (including phenoxy) is 1. The number of aromatic nitrogens is 2. The highest BCUT2D eigenvalue weighted by Gasteiger charge is 2.46. The van der Waals surface area contributed by atoms with Gasteiger partial charge in [-0.2, -0.15) is 5.10 Å². The Hall–Kier alpha value is -2.00. The summed E-state index contributed by atoms with van der Waals surface area (Å²) in [5, 5.41) is 9.49. The topological polar surface area (TPSA) is 70.2 Å². The van der Waals surface area contributed by atoms with E-state index in [-0.39, 0.29) is 24.9 Å². The van der Waals surface area contributed by atoms with E-state index in [9.17, 15) is 13.6 Å². The summed E-state index contributed by atoms with van der Waals surface area (Å²) < 4.78 is 34.1. The number of rotatable bonds is 4. The molecule has 0 aliphatic carbocycles. The van der Waals surface area contributed by atoms with Crippen LogP contribution in [0.25, 0.3) is 10.4 Å². The maximum atomic E-state index is 14.5. The van der Waals surface area contributed by atoms with E-state index in [1.54, 1.807) is 24.4 Å². The molecule has 0 bridgehead atoms.